The van der Waals surface area contributed by atoms with Gasteiger partial charge in [-0.2, -0.15) is 0 Å². The van der Waals surface area contributed by atoms with Crippen LogP contribution in [-0.4, -0.2) is 13.1 Å². The van der Waals surface area contributed by atoms with Crippen LogP contribution in [-0.2, 0) is 4.74 Å². The zero-order valence-electron chi connectivity index (χ0n) is 7.00. The molecule has 3 heteroatoms. The van der Waals surface area contributed by atoms with Crippen LogP contribution in [0.15, 0.2) is 16.8 Å². The Balaban J connectivity index is 2.49. The van der Waals surface area contributed by atoms with E-state index in [1.165, 1.54) is 0 Å². The van der Waals surface area contributed by atoms with E-state index in [4.69, 9.17) is 10.5 Å². The Kier molecular flexibility index (Phi) is 2.52. The number of hydrogen-bond acceptors (Lipinski definition) is 2. The van der Waals surface area contributed by atoms with Crippen molar-refractivity contribution >= 4 is 6.02 Å². The van der Waals surface area contributed by atoms with Crippen LogP contribution < -0.4 is 5.73 Å². The predicted octanol–water partition coefficient (Wildman–Crippen LogP) is 1.26. The molecule has 0 radical (unpaired) electrons. The lowest BCUT2D eigenvalue weighted by molar-refractivity contribution is 0.351. The molecule has 0 amide bonds. The molecule has 1 aliphatic carbocycles. The highest BCUT2D eigenvalue weighted by molar-refractivity contribution is 5.72. The summed E-state index contributed by atoms with van der Waals surface area (Å²) in [4.78, 5) is 3.72. The number of nitrogens with zero attached hydrogens (tertiary/aromatic N) is 1. The molecule has 0 saturated heterocycles. The van der Waals surface area contributed by atoms with E-state index in [1.54, 1.807) is 7.05 Å². The quantitative estimate of drug-likeness (QED) is 0.456. The Morgan fingerprint density at radius 1 is 1.82 bits per heavy atom. The first kappa shape index (κ1) is 8.11. The summed E-state index contributed by atoms with van der Waals surface area (Å²) in [5, 5.41) is 0. The number of hydrogen-bond donors (Lipinski definition) is 1. The highest BCUT2D eigenvalue weighted by atomic mass is 16.5. The molecule has 1 aliphatic rings. The molecule has 2 N–H and O–H groups in total. The van der Waals surface area contributed by atoms with E-state index in [-0.39, 0.29) is 6.02 Å². The first-order valence-electron chi connectivity index (χ1n) is 3.84. The average molecular weight is 154 g/mol. The van der Waals surface area contributed by atoms with Crippen LogP contribution in [0.5, 0.6) is 0 Å². The minimum atomic E-state index is 0.255. The minimum Gasteiger partial charge on any atom is -0.431 e. The van der Waals surface area contributed by atoms with Gasteiger partial charge in [0.25, 0.3) is 6.02 Å². The Morgan fingerprint density at radius 2 is 2.55 bits per heavy atom. The van der Waals surface area contributed by atoms with Crippen molar-refractivity contribution in [2.75, 3.05) is 7.05 Å². The van der Waals surface area contributed by atoms with Crippen LogP contribution in [0.3, 0.4) is 0 Å². The second kappa shape index (κ2) is 3.42. The van der Waals surface area contributed by atoms with Crippen LogP contribution in [0.4, 0.5) is 0 Å². The highest BCUT2D eigenvalue weighted by Gasteiger charge is 2.16. The minimum absolute atomic E-state index is 0.255. The topological polar surface area (TPSA) is 47.6 Å². The van der Waals surface area contributed by atoms with Gasteiger partial charge >= 0.3 is 0 Å². The molecule has 0 bridgehead atoms. The standard InChI is InChI=1S/C8H14N2O/c1-6-4-3-5-7(6)11-8(9)10-2/h5-6H,3-4H2,1-2H3,(H2,9,10). The van der Waals surface area contributed by atoms with E-state index in [1.807, 2.05) is 0 Å². The fraction of sp³-hybridized carbons (Fsp3) is 0.625. The van der Waals surface area contributed by atoms with Crippen molar-refractivity contribution in [2.24, 2.45) is 16.6 Å². The van der Waals surface area contributed by atoms with E-state index < -0.39 is 0 Å². The van der Waals surface area contributed by atoms with Crippen LogP contribution in [0, 0.1) is 5.92 Å². The van der Waals surface area contributed by atoms with Gasteiger partial charge in [0.05, 0.1) is 0 Å². The summed E-state index contributed by atoms with van der Waals surface area (Å²) in [7, 11) is 1.62. The van der Waals surface area contributed by atoms with Gasteiger partial charge in [0.15, 0.2) is 0 Å². The lowest BCUT2D eigenvalue weighted by Crippen LogP contribution is -2.16. The number of nitrogens with two attached hydrogens (primary N) is 1. The van der Waals surface area contributed by atoms with Gasteiger partial charge in [-0.3, -0.25) is 0 Å². The first-order chi connectivity index (χ1) is 5.24. The third-order valence-corrected chi connectivity index (χ3v) is 1.87. The molecule has 1 atom stereocenters. The summed E-state index contributed by atoms with van der Waals surface area (Å²) in [5.74, 6) is 1.46. The number of rotatable bonds is 1. The van der Waals surface area contributed by atoms with Crippen molar-refractivity contribution in [3.63, 3.8) is 0 Å². The van der Waals surface area contributed by atoms with Gasteiger partial charge in [0, 0.05) is 13.0 Å². The number of allylic oxidation sites excluding steroid dienone is 2. The summed E-state index contributed by atoms with van der Waals surface area (Å²) in [6, 6.07) is 0.255. The molecule has 62 valence electrons. The second-order valence-electron chi connectivity index (χ2n) is 2.75. The van der Waals surface area contributed by atoms with Crippen molar-refractivity contribution in [2.45, 2.75) is 19.8 Å². The molecule has 0 fully saturated rings. The molecule has 0 aromatic carbocycles. The van der Waals surface area contributed by atoms with Crippen molar-refractivity contribution in [3.05, 3.63) is 11.8 Å². The Bertz CT molecular complexity index is 196. The van der Waals surface area contributed by atoms with Crippen molar-refractivity contribution in [3.8, 4) is 0 Å². The Hall–Kier alpha value is -0.990. The predicted molar refractivity (Wildman–Crippen MR) is 45.1 cm³/mol. The summed E-state index contributed by atoms with van der Waals surface area (Å²) in [6.07, 6.45) is 4.32. The molecule has 0 heterocycles. The third-order valence-electron chi connectivity index (χ3n) is 1.87. The molecule has 0 aliphatic heterocycles. The van der Waals surface area contributed by atoms with Crippen LogP contribution in [0.1, 0.15) is 19.8 Å². The van der Waals surface area contributed by atoms with Gasteiger partial charge in [0.2, 0.25) is 0 Å². The normalized spacial score (nSPS) is 25.1. The maximum Gasteiger partial charge on any atom is 0.286 e. The molecule has 0 saturated carbocycles. The molecule has 0 aromatic rings. The van der Waals surface area contributed by atoms with Gasteiger partial charge in [-0.25, -0.2) is 4.99 Å². The summed E-state index contributed by atoms with van der Waals surface area (Å²) < 4.78 is 5.26. The molecule has 1 rings (SSSR count). The zero-order chi connectivity index (χ0) is 8.27. The molecular weight excluding hydrogens is 140 g/mol. The summed E-state index contributed by atoms with van der Waals surface area (Å²) >= 11 is 0. The lowest BCUT2D eigenvalue weighted by Gasteiger charge is -2.09. The number of aliphatic imine (C=N–C) groups is 1. The van der Waals surface area contributed by atoms with Gasteiger partial charge in [-0.05, 0) is 18.9 Å². The van der Waals surface area contributed by atoms with Crippen LogP contribution in [0.25, 0.3) is 0 Å². The van der Waals surface area contributed by atoms with Gasteiger partial charge in [-0.15, -0.1) is 0 Å². The summed E-state index contributed by atoms with van der Waals surface area (Å²) in [6.45, 7) is 2.13. The van der Waals surface area contributed by atoms with E-state index in [9.17, 15) is 0 Å². The van der Waals surface area contributed by atoms with E-state index in [0.29, 0.717) is 5.92 Å². The highest BCUT2D eigenvalue weighted by Crippen LogP contribution is 2.25. The number of ether oxygens (including phenoxy) is 1. The van der Waals surface area contributed by atoms with Crippen molar-refractivity contribution in [1.82, 2.24) is 0 Å². The largest absolute Gasteiger partial charge is 0.431 e. The second-order valence-corrected chi connectivity index (χ2v) is 2.75. The SMILES string of the molecule is C/N=C(/N)OC1=CCCC1C. The first-order valence-corrected chi connectivity index (χ1v) is 3.84. The van der Waals surface area contributed by atoms with Crippen LogP contribution >= 0.6 is 0 Å². The van der Waals surface area contributed by atoms with E-state index >= 15 is 0 Å². The number of amidine groups is 1. The van der Waals surface area contributed by atoms with Gasteiger partial charge in [0.1, 0.15) is 5.76 Å². The smallest absolute Gasteiger partial charge is 0.286 e. The van der Waals surface area contributed by atoms with Gasteiger partial charge in [-0.1, -0.05) is 6.92 Å². The Labute approximate surface area is 66.9 Å². The van der Waals surface area contributed by atoms with Gasteiger partial charge < -0.3 is 10.5 Å². The monoisotopic (exact) mass is 154 g/mol. The fourth-order valence-electron chi connectivity index (χ4n) is 1.13. The maximum atomic E-state index is 5.40. The van der Waals surface area contributed by atoms with Crippen molar-refractivity contribution in [1.29, 1.82) is 0 Å². The zero-order valence-corrected chi connectivity index (χ0v) is 7.00. The third kappa shape index (κ3) is 1.97. The molecule has 11 heavy (non-hydrogen) atoms. The maximum absolute atomic E-state index is 5.40. The molecule has 0 aromatic heterocycles. The molecule has 0 spiro atoms. The van der Waals surface area contributed by atoms with E-state index in [0.717, 1.165) is 18.6 Å². The molecule has 1 unspecified atom stereocenters. The lowest BCUT2D eigenvalue weighted by atomic mass is 10.1. The van der Waals surface area contributed by atoms with E-state index in [2.05, 4.69) is 18.0 Å². The average Bonchev–Trinajstić information content (AvgIpc) is 2.37. The summed E-state index contributed by atoms with van der Waals surface area (Å²) in [5.41, 5.74) is 5.40. The fourth-order valence-corrected chi connectivity index (χ4v) is 1.13. The van der Waals surface area contributed by atoms with Crippen LogP contribution in [0.2, 0.25) is 0 Å². The Morgan fingerprint density at radius 3 is 3.00 bits per heavy atom. The molecular formula is C8H14N2O. The molecule has 3 nitrogen and oxygen atoms in total. The van der Waals surface area contributed by atoms with Crippen molar-refractivity contribution < 1.29 is 4.74 Å².